The van der Waals surface area contributed by atoms with Crippen LogP contribution in [0.25, 0.3) is 0 Å². The number of alkyl halides is 17. The Morgan fingerprint density at radius 3 is 1.40 bits per heavy atom. The fraction of sp³-hybridized carbons (Fsp3) is 0.947. The van der Waals surface area contributed by atoms with E-state index in [-0.39, 0.29) is 25.7 Å². The lowest BCUT2D eigenvalue weighted by molar-refractivity contribution is -0.458. The van der Waals surface area contributed by atoms with Gasteiger partial charge in [-0.3, -0.25) is 4.79 Å². The number of halogens is 17. The third-order valence-corrected chi connectivity index (χ3v) is 11.7. The molecule has 0 saturated carbocycles. The first-order valence-corrected chi connectivity index (χ1v) is 14.8. The normalized spacial score (nSPS) is 19.2. The standard InChI is InChI=1S/C19H21F17O4S2/c1-2-3-4-7-11(37)10-41(8-5-6-9-41)40-42(38,39)19(35,36)17(30,31)15(26,27)13(22,23)12(20,21)14(24,25)16(28,29)18(32,33)34/h2-10H2,1H3. The van der Waals surface area contributed by atoms with Crippen molar-refractivity contribution in [2.75, 3.05) is 17.3 Å². The Labute approximate surface area is 227 Å². The molecule has 0 aromatic rings. The highest BCUT2D eigenvalue weighted by molar-refractivity contribution is 8.33. The fourth-order valence-corrected chi connectivity index (χ4v) is 9.27. The smallest absolute Gasteiger partial charge is 0.299 e. The number of ketones is 1. The molecular weight excluding hydrogens is 679 g/mol. The van der Waals surface area contributed by atoms with E-state index in [0.29, 0.717) is 12.8 Å². The molecule has 252 valence electrons. The summed E-state index contributed by atoms with van der Waals surface area (Å²) < 4.78 is 257. The van der Waals surface area contributed by atoms with Crippen LogP contribution in [0.3, 0.4) is 0 Å². The Morgan fingerprint density at radius 1 is 0.643 bits per heavy atom. The SMILES string of the molecule is CCCCCC(=O)CS1(OS(=O)(=O)C(F)(F)C(F)(F)C(F)(F)C(F)(F)C(F)(F)C(F)(F)C(F)(F)C(F)(F)F)CCCC1. The summed E-state index contributed by atoms with van der Waals surface area (Å²) in [4.78, 5) is 12.2. The molecule has 1 saturated heterocycles. The summed E-state index contributed by atoms with van der Waals surface area (Å²) in [5.74, 6) is -55.2. The fourth-order valence-electron chi connectivity index (χ4n) is 3.55. The van der Waals surface area contributed by atoms with Crippen molar-refractivity contribution in [3.8, 4) is 0 Å². The van der Waals surface area contributed by atoms with Crippen LogP contribution < -0.4 is 0 Å². The van der Waals surface area contributed by atoms with Crippen LogP contribution in [0.5, 0.6) is 0 Å². The van der Waals surface area contributed by atoms with Crippen molar-refractivity contribution in [2.24, 2.45) is 0 Å². The van der Waals surface area contributed by atoms with Gasteiger partial charge in [0.05, 0.1) is 5.75 Å². The highest BCUT2D eigenvalue weighted by atomic mass is 32.3. The predicted octanol–water partition coefficient (Wildman–Crippen LogP) is 7.96. The average Bonchev–Trinajstić information content (AvgIpc) is 3.24. The van der Waals surface area contributed by atoms with Gasteiger partial charge in [-0.1, -0.05) is 19.8 Å². The first-order valence-electron chi connectivity index (χ1n) is 11.3. The van der Waals surface area contributed by atoms with E-state index < -0.39 is 90.4 Å². The van der Waals surface area contributed by atoms with Crippen LogP contribution in [0.4, 0.5) is 74.6 Å². The second-order valence-electron chi connectivity index (χ2n) is 9.20. The van der Waals surface area contributed by atoms with Gasteiger partial charge in [-0.15, -0.1) is 10.3 Å². The largest absolute Gasteiger partial charge is 0.460 e. The summed E-state index contributed by atoms with van der Waals surface area (Å²) in [6.07, 6.45) is -7.31. The molecular formula is C19H21F17O4S2. The van der Waals surface area contributed by atoms with Gasteiger partial charge in [0.2, 0.25) is 0 Å². The van der Waals surface area contributed by atoms with Crippen LogP contribution in [0, 0.1) is 0 Å². The second kappa shape index (κ2) is 11.6. The van der Waals surface area contributed by atoms with Crippen molar-refractivity contribution in [2.45, 2.75) is 92.4 Å². The zero-order chi connectivity index (χ0) is 33.6. The van der Waals surface area contributed by atoms with Crippen LogP contribution in [0.15, 0.2) is 0 Å². The maximum absolute atomic E-state index is 14.4. The molecule has 0 aromatic heterocycles. The molecule has 1 fully saturated rings. The van der Waals surface area contributed by atoms with Crippen LogP contribution in [-0.4, -0.2) is 78.4 Å². The van der Waals surface area contributed by atoms with Gasteiger partial charge in [-0.05, 0) is 19.3 Å². The minimum absolute atomic E-state index is 0.113. The molecule has 1 heterocycles. The highest BCUT2D eigenvalue weighted by Gasteiger charge is 2.96. The molecule has 0 amide bonds. The molecule has 1 aliphatic rings. The van der Waals surface area contributed by atoms with Crippen LogP contribution in [0.2, 0.25) is 0 Å². The Morgan fingerprint density at radius 2 is 1.02 bits per heavy atom. The summed E-state index contributed by atoms with van der Waals surface area (Å²) in [5.41, 5.74) is 0. The zero-order valence-corrected chi connectivity index (χ0v) is 22.4. The van der Waals surface area contributed by atoms with Crippen LogP contribution >= 0.6 is 10.3 Å². The number of rotatable bonds is 15. The number of carbonyl (C=O) groups excluding carboxylic acids is 1. The number of Topliss-reactive ketones (excluding diaryl/α,β-unsaturated/α-hetero) is 1. The quantitative estimate of drug-likeness (QED) is 0.129. The van der Waals surface area contributed by atoms with Gasteiger partial charge < -0.3 is 0 Å². The lowest BCUT2D eigenvalue weighted by Gasteiger charge is -2.43. The van der Waals surface area contributed by atoms with E-state index in [0.717, 1.165) is 0 Å². The number of carbonyl (C=O) groups is 1. The molecule has 4 nitrogen and oxygen atoms in total. The van der Waals surface area contributed by atoms with Crippen molar-refractivity contribution in [3.05, 3.63) is 0 Å². The van der Waals surface area contributed by atoms with E-state index in [1.807, 2.05) is 0 Å². The Balaban J connectivity index is 3.58. The van der Waals surface area contributed by atoms with Gasteiger partial charge in [0.25, 0.3) is 0 Å². The predicted molar refractivity (Wildman–Crippen MR) is 111 cm³/mol. The molecule has 42 heavy (non-hydrogen) atoms. The average molecular weight is 700 g/mol. The summed E-state index contributed by atoms with van der Waals surface area (Å²) in [6.45, 7) is 1.68. The van der Waals surface area contributed by atoms with Crippen molar-refractivity contribution >= 4 is 26.2 Å². The van der Waals surface area contributed by atoms with Gasteiger partial charge in [0.1, 0.15) is 5.78 Å². The number of hydrogen-bond acceptors (Lipinski definition) is 4. The maximum atomic E-state index is 14.4. The first kappa shape index (κ1) is 38.8. The molecule has 0 unspecified atom stereocenters. The summed E-state index contributed by atoms with van der Waals surface area (Å²) in [6, 6.07) is 0. The third kappa shape index (κ3) is 6.02. The monoisotopic (exact) mass is 700 g/mol. The third-order valence-electron chi connectivity index (χ3n) is 6.01. The Bertz CT molecular complexity index is 1080. The molecule has 0 aliphatic carbocycles. The van der Waals surface area contributed by atoms with E-state index in [1.54, 1.807) is 6.92 Å². The first-order chi connectivity index (χ1) is 18.4. The molecule has 0 bridgehead atoms. The Kier molecular flexibility index (Phi) is 10.7. The minimum Gasteiger partial charge on any atom is -0.299 e. The van der Waals surface area contributed by atoms with E-state index in [2.05, 4.69) is 3.63 Å². The van der Waals surface area contributed by atoms with Gasteiger partial charge in [-0.25, -0.2) is 3.63 Å². The Hall–Kier alpha value is -1.26. The molecule has 1 aliphatic heterocycles. The van der Waals surface area contributed by atoms with E-state index in [1.165, 1.54) is 0 Å². The minimum atomic E-state index is -8.91. The highest BCUT2D eigenvalue weighted by Crippen LogP contribution is 2.66. The summed E-state index contributed by atoms with van der Waals surface area (Å²) >= 11 is 0. The van der Waals surface area contributed by atoms with Gasteiger partial charge >= 0.3 is 57.1 Å². The molecule has 1 rings (SSSR count). The zero-order valence-electron chi connectivity index (χ0n) is 20.7. The maximum Gasteiger partial charge on any atom is 0.460 e. The van der Waals surface area contributed by atoms with Crippen LogP contribution in [0.1, 0.15) is 45.4 Å². The van der Waals surface area contributed by atoms with E-state index >= 15 is 0 Å². The van der Waals surface area contributed by atoms with Crippen molar-refractivity contribution in [3.63, 3.8) is 0 Å². The van der Waals surface area contributed by atoms with Gasteiger partial charge in [0, 0.05) is 17.9 Å². The molecule has 23 heteroatoms. The number of unbranched alkanes of at least 4 members (excludes halogenated alkanes) is 2. The lowest BCUT2D eigenvalue weighted by Crippen LogP contribution is -2.75. The molecule has 0 atom stereocenters. The molecule has 0 N–H and O–H groups in total. The van der Waals surface area contributed by atoms with Gasteiger partial charge in [-0.2, -0.15) is 83.1 Å². The lowest BCUT2D eigenvalue weighted by atomic mass is 9.91. The van der Waals surface area contributed by atoms with Crippen LogP contribution in [-0.2, 0) is 18.5 Å². The molecule has 0 spiro atoms. The summed E-state index contributed by atoms with van der Waals surface area (Å²) in [7, 11) is -11.4. The van der Waals surface area contributed by atoms with Crippen molar-refractivity contribution < 1.29 is 91.5 Å². The van der Waals surface area contributed by atoms with Gasteiger partial charge in [0.15, 0.2) is 0 Å². The van der Waals surface area contributed by atoms with Crippen molar-refractivity contribution in [1.29, 1.82) is 0 Å². The second-order valence-corrected chi connectivity index (χ2v) is 14.2. The van der Waals surface area contributed by atoms with E-state index in [4.69, 9.17) is 0 Å². The topological polar surface area (TPSA) is 60.4 Å². The molecule has 0 aromatic carbocycles. The summed E-state index contributed by atoms with van der Waals surface area (Å²) in [5, 5.41) is -7.74. The molecule has 0 radical (unpaired) electrons. The van der Waals surface area contributed by atoms with E-state index in [9.17, 15) is 87.8 Å². The number of hydrogen-bond donors (Lipinski definition) is 0. The van der Waals surface area contributed by atoms with Crippen molar-refractivity contribution in [1.82, 2.24) is 0 Å².